The summed E-state index contributed by atoms with van der Waals surface area (Å²) in [5.41, 5.74) is -0.500. The molecular formula is C25H26ClF6N7O. The number of hydrogen-bond acceptors (Lipinski definition) is 8. The number of fused-ring (bicyclic) bond motifs is 1. The van der Waals surface area contributed by atoms with Crippen LogP contribution in [0.1, 0.15) is 35.2 Å². The van der Waals surface area contributed by atoms with Gasteiger partial charge in [0.1, 0.15) is 17.5 Å². The minimum Gasteiger partial charge on any atom is -0.394 e. The highest BCUT2D eigenvalue weighted by Crippen LogP contribution is 2.37. The Bertz CT molecular complexity index is 1320. The van der Waals surface area contributed by atoms with Gasteiger partial charge < -0.3 is 20.2 Å². The molecule has 216 valence electrons. The van der Waals surface area contributed by atoms with Crippen molar-refractivity contribution in [1.82, 2.24) is 19.9 Å². The Morgan fingerprint density at radius 1 is 0.950 bits per heavy atom. The molecule has 1 fully saturated rings. The summed E-state index contributed by atoms with van der Waals surface area (Å²) in [6.45, 7) is 0.910. The SMILES string of the molecule is Cl.OC[C@@H]1CCCN1c1nc2c(c(Nc3ccc(C(F)(F)F)cn3)n1)CCN(c1ncccc1C(F)(F)F)CC2. The number of nitrogens with zero attached hydrogens (tertiary/aromatic N) is 6. The standard InChI is InChI=1S/C25H25F6N7O.ClH/c26-24(27,28)15-5-6-20(33-13-15)35-21-17-7-11-37(22-18(25(29,30)31)4-1-9-32-22)12-8-19(17)34-23(36-21)38-10-2-3-16(38)14-39;/h1,4-6,9,13,16,39H,2-3,7-8,10-12,14H2,(H,33,34,35,36);1H/t16-;/m0./s1. The number of pyridine rings is 2. The van der Waals surface area contributed by atoms with Crippen LogP contribution >= 0.6 is 12.4 Å². The molecule has 0 bridgehead atoms. The van der Waals surface area contributed by atoms with Gasteiger partial charge >= 0.3 is 12.4 Å². The van der Waals surface area contributed by atoms with E-state index in [4.69, 9.17) is 4.98 Å². The first-order valence-corrected chi connectivity index (χ1v) is 12.4. The van der Waals surface area contributed by atoms with Crippen LogP contribution in [-0.4, -0.2) is 57.3 Å². The molecule has 15 heteroatoms. The Balaban J connectivity index is 0.00000370. The molecule has 2 aliphatic rings. The van der Waals surface area contributed by atoms with E-state index in [1.54, 1.807) is 4.90 Å². The zero-order chi connectivity index (χ0) is 27.8. The third kappa shape index (κ3) is 6.17. The van der Waals surface area contributed by atoms with E-state index in [1.807, 2.05) is 4.90 Å². The van der Waals surface area contributed by atoms with Crippen LogP contribution in [0.2, 0.25) is 0 Å². The van der Waals surface area contributed by atoms with Gasteiger partial charge in [-0.15, -0.1) is 12.4 Å². The van der Waals surface area contributed by atoms with Crippen LogP contribution in [-0.2, 0) is 25.2 Å². The monoisotopic (exact) mass is 589 g/mol. The third-order valence-electron chi connectivity index (χ3n) is 6.90. The van der Waals surface area contributed by atoms with Crippen LogP contribution in [0.15, 0.2) is 36.7 Å². The number of halogens is 7. The molecule has 2 aliphatic heterocycles. The first-order valence-electron chi connectivity index (χ1n) is 12.4. The van der Waals surface area contributed by atoms with E-state index in [0.29, 0.717) is 35.8 Å². The maximum absolute atomic E-state index is 13.7. The van der Waals surface area contributed by atoms with Crippen LogP contribution < -0.4 is 15.1 Å². The lowest BCUT2D eigenvalue weighted by molar-refractivity contribution is -0.138. The predicted octanol–water partition coefficient (Wildman–Crippen LogP) is 5.04. The third-order valence-corrected chi connectivity index (χ3v) is 6.90. The summed E-state index contributed by atoms with van der Waals surface area (Å²) in [5.74, 6) is 0.594. The molecule has 0 spiro atoms. The van der Waals surface area contributed by atoms with E-state index in [-0.39, 0.29) is 62.6 Å². The Morgan fingerprint density at radius 3 is 2.40 bits per heavy atom. The smallest absolute Gasteiger partial charge is 0.394 e. The lowest BCUT2D eigenvalue weighted by atomic mass is 10.1. The number of rotatable bonds is 5. The van der Waals surface area contributed by atoms with E-state index < -0.39 is 23.5 Å². The summed E-state index contributed by atoms with van der Waals surface area (Å²) >= 11 is 0. The number of hydrogen-bond donors (Lipinski definition) is 2. The number of aliphatic hydroxyl groups is 1. The fourth-order valence-electron chi connectivity index (χ4n) is 4.95. The van der Waals surface area contributed by atoms with Gasteiger partial charge in [0.2, 0.25) is 5.95 Å². The van der Waals surface area contributed by atoms with Crippen molar-refractivity contribution in [2.45, 2.75) is 44.1 Å². The topological polar surface area (TPSA) is 90.3 Å². The van der Waals surface area contributed by atoms with Crippen molar-refractivity contribution in [2.75, 3.05) is 41.4 Å². The second-order valence-electron chi connectivity index (χ2n) is 9.38. The molecule has 0 aliphatic carbocycles. The molecule has 8 nitrogen and oxygen atoms in total. The Kier molecular flexibility index (Phi) is 8.59. The van der Waals surface area contributed by atoms with Crippen LogP contribution in [0.5, 0.6) is 0 Å². The van der Waals surface area contributed by atoms with Crippen molar-refractivity contribution in [3.8, 4) is 0 Å². The predicted molar refractivity (Wildman–Crippen MR) is 138 cm³/mol. The van der Waals surface area contributed by atoms with Crippen molar-refractivity contribution in [3.05, 3.63) is 59.0 Å². The second-order valence-corrected chi connectivity index (χ2v) is 9.38. The first-order chi connectivity index (χ1) is 18.5. The van der Waals surface area contributed by atoms with Gasteiger partial charge in [0.05, 0.1) is 29.5 Å². The van der Waals surface area contributed by atoms with Crippen LogP contribution in [0.4, 0.5) is 49.7 Å². The lowest BCUT2D eigenvalue weighted by Crippen LogP contribution is -2.34. The van der Waals surface area contributed by atoms with Gasteiger partial charge in [0, 0.05) is 44.0 Å². The van der Waals surface area contributed by atoms with Crippen LogP contribution in [0.25, 0.3) is 0 Å². The van der Waals surface area contributed by atoms with Gasteiger partial charge in [0.25, 0.3) is 0 Å². The summed E-state index contributed by atoms with van der Waals surface area (Å²) in [5, 5.41) is 12.8. The minimum absolute atomic E-state index is 0. The average Bonchev–Trinajstić information content (AvgIpc) is 3.27. The molecule has 0 amide bonds. The summed E-state index contributed by atoms with van der Waals surface area (Å²) in [4.78, 5) is 20.7. The maximum Gasteiger partial charge on any atom is 0.419 e. The van der Waals surface area contributed by atoms with Crippen LogP contribution in [0, 0.1) is 0 Å². The molecule has 0 radical (unpaired) electrons. The number of aromatic nitrogens is 4. The highest BCUT2D eigenvalue weighted by atomic mass is 35.5. The molecule has 0 unspecified atom stereocenters. The summed E-state index contributed by atoms with van der Waals surface area (Å²) in [7, 11) is 0. The number of alkyl halides is 6. The number of nitrogens with one attached hydrogen (secondary N) is 1. The summed E-state index contributed by atoms with van der Waals surface area (Å²) in [6.07, 6.45) is -4.98. The fourth-order valence-corrected chi connectivity index (χ4v) is 4.95. The van der Waals surface area contributed by atoms with Crippen LogP contribution in [0.3, 0.4) is 0 Å². The Hall–Kier alpha value is -3.39. The first kappa shape index (κ1) is 29.6. The average molecular weight is 590 g/mol. The highest BCUT2D eigenvalue weighted by molar-refractivity contribution is 5.85. The van der Waals surface area contributed by atoms with Gasteiger partial charge in [-0.25, -0.2) is 15.0 Å². The molecule has 2 N–H and O–H groups in total. The molecule has 3 aromatic rings. The van der Waals surface area contributed by atoms with Gasteiger partial charge in [0.15, 0.2) is 0 Å². The van der Waals surface area contributed by atoms with Crippen molar-refractivity contribution < 1.29 is 31.4 Å². The summed E-state index contributed by atoms with van der Waals surface area (Å²) < 4.78 is 80.0. The fraction of sp³-hybridized carbons (Fsp3) is 0.440. The minimum atomic E-state index is -4.58. The quantitative estimate of drug-likeness (QED) is 0.400. The zero-order valence-electron chi connectivity index (χ0n) is 21.0. The normalized spacial score (nSPS) is 17.7. The largest absolute Gasteiger partial charge is 0.419 e. The number of aliphatic hydroxyl groups excluding tert-OH is 1. The molecule has 0 aromatic carbocycles. The zero-order valence-corrected chi connectivity index (χ0v) is 21.8. The summed E-state index contributed by atoms with van der Waals surface area (Å²) in [6, 6.07) is 4.13. The van der Waals surface area contributed by atoms with E-state index in [0.717, 1.165) is 25.0 Å². The van der Waals surface area contributed by atoms with E-state index in [1.165, 1.54) is 18.3 Å². The molecular weight excluding hydrogens is 564 g/mol. The number of anilines is 4. The molecule has 1 saturated heterocycles. The van der Waals surface area contributed by atoms with Crippen molar-refractivity contribution in [2.24, 2.45) is 0 Å². The van der Waals surface area contributed by atoms with Crippen molar-refractivity contribution in [1.29, 1.82) is 0 Å². The van der Waals surface area contributed by atoms with Crippen molar-refractivity contribution in [3.63, 3.8) is 0 Å². The molecule has 5 rings (SSSR count). The van der Waals surface area contributed by atoms with E-state index in [9.17, 15) is 31.4 Å². The second kappa shape index (κ2) is 11.6. The van der Waals surface area contributed by atoms with E-state index in [2.05, 4.69) is 20.3 Å². The molecule has 40 heavy (non-hydrogen) atoms. The highest BCUT2D eigenvalue weighted by Gasteiger charge is 2.36. The van der Waals surface area contributed by atoms with Gasteiger partial charge in [-0.1, -0.05) is 0 Å². The Morgan fingerprint density at radius 2 is 1.73 bits per heavy atom. The van der Waals surface area contributed by atoms with E-state index >= 15 is 0 Å². The Labute approximate surface area is 231 Å². The van der Waals surface area contributed by atoms with Gasteiger partial charge in [-0.2, -0.15) is 31.3 Å². The molecule has 3 aromatic heterocycles. The van der Waals surface area contributed by atoms with Gasteiger partial charge in [-0.3, -0.25) is 0 Å². The molecule has 5 heterocycles. The van der Waals surface area contributed by atoms with Crippen molar-refractivity contribution >= 4 is 35.8 Å². The maximum atomic E-state index is 13.7. The van der Waals surface area contributed by atoms with Gasteiger partial charge in [-0.05, 0) is 43.5 Å². The molecule has 1 atom stereocenters. The lowest BCUT2D eigenvalue weighted by Gasteiger charge is -2.25. The molecule has 0 saturated carbocycles.